The summed E-state index contributed by atoms with van der Waals surface area (Å²) in [7, 11) is -6.65. The van der Waals surface area contributed by atoms with Gasteiger partial charge in [-0.2, -0.15) is 16.8 Å². The maximum Gasteiger partial charge on any atom is 0.399 e. The van der Waals surface area contributed by atoms with Crippen LogP contribution in [0.5, 0.6) is 5.75 Å². The van der Waals surface area contributed by atoms with Gasteiger partial charge in [0.05, 0.1) is 0 Å². The highest BCUT2D eigenvalue weighted by atomic mass is 32.3. The Morgan fingerprint density at radius 3 is 2.57 bits per heavy atom. The third-order valence-electron chi connectivity index (χ3n) is 7.52. The Hall–Kier alpha value is -1.49. The minimum absolute atomic E-state index is 0.0991. The van der Waals surface area contributed by atoms with E-state index in [1.165, 1.54) is 5.56 Å². The predicted octanol–water partition coefficient (Wildman–Crippen LogP) is 2.13. The highest BCUT2D eigenvalue weighted by Crippen LogP contribution is 2.59. The van der Waals surface area contributed by atoms with Crippen LogP contribution in [-0.2, 0) is 31.7 Å². The molecule has 0 amide bonds. The molecule has 3 unspecified atom stereocenters. The van der Waals surface area contributed by atoms with Crippen LogP contribution in [-0.4, -0.2) is 40.4 Å². The summed E-state index contributed by atoms with van der Waals surface area (Å²) in [6.07, 6.45) is 5.27. The zero-order valence-corrected chi connectivity index (χ0v) is 19.1. The molecule has 8 nitrogen and oxygen atoms in total. The molecule has 2 fully saturated rings. The normalized spacial score (nSPS) is 31.2. The highest BCUT2D eigenvalue weighted by molar-refractivity contribution is 8.01. The second kappa shape index (κ2) is 7.29. The van der Waals surface area contributed by atoms with Gasteiger partial charge in [-0.3, -0.25) is 4.79 Å². The molecule has 0 bridgehead atoms. The average Bonchev–Trinajstić information content (AvgIpc) is 3.01. The molecule has 3 aliphatic carbocycles. The van der Waals surface area contributed by atoms with E-state index in [2.05, 4.69) is 6.92 Å². The van der Waals surface area contributed by atoms with Crippen LogP contribution in [0.25, 0.3) is 0 Å². The maximum atomic E-state index is 12.5. The fourth-order valence-electron chi connectivity index (χ4n) is 5.80. The molecule has 166 valence electrons. The van der Waals surface area contributed by atoms with Gasteiger partial charge in [-0.25, -0.2) is 4.72 Å². The lowest BCUT2D eigenvalue weighted by molar-refractivity contribution is -0.129. The molecular weight excluding hydrogens is 428 g/mol. The van der Waals surface area contributed by atoms with Crippen LogP contribution >= 0.6 is 0 Å². The lowest BCUT2D eigenvalue weighted by atomic mass is 9.55. The first-order valence-corrected chi connectivity index (χ1v) is 13.1. The third kappa shape index (κ3) is 3.37. The van der Waals surface area contributed by atoms with Crippen LogP contribution < -0.4 is 8.91 Å². The summed E-state index contributed by atoms with van der Waals surface area (Å²) in [6, 6.07) is 5.20. The summed E-state index contributed by atoms with van der Waals surface area (Å²) in [5, 5.41) is 0. The molecule has 1 aromatic rings. The van der Waals surface area contributed by atoms with Gasteiger partial charge in [-0.05, 0) is 73.1 Å². The molecule has 0 aliphatic heterocycles. The average molecular weight is 457 g/mol. The van der Waals surface area contributed by atoms with Gasteiger partial charge in [-0.15, -0.1) is 0 Å². The van der Waals surface area contributed by atoms with Gasteiger partial charge < -0.3 is 4.18 Å². The van der Waals surface area contributed by atoms with Crippen molar-refractivity contribution < 1.29 is 25.8 Å². The molecule has 4 atom stereocenters. The van der Waals surface area contributed by atoms with Crippen molar-refractivity contribution in [3.63, 3.8) is 0 Å². The summed E-state index contributed by atoms with van der Waals surface area (Å²) in [4.78, 5) is 12.5. The second-order valence-corrected chi connectivity index (χ2v) is 12.5. The Bertz CT molecular complexity index is 1080. The van der Waals surface area contributed by atoms with Crippen molar-refractivity contribution in [1.82, 2.24) is 8.43 Å². The molecule has 0 heterocycles. The fourth-order valence-corrected chi connectivity index (χ4v) is 7.79. The molecule has 1 aromatic carbocycles. The Labute approximate surface area is 178 Å². The molecule has 10 heteroatoms. The molecule has 3 aliphatic rings. The summed E-state index contributed by atoms with van der Waals surface area (Å²) < 4.78 is 55.5. The van der Waals surface area contributed by atoms with Crippen LogP contribution in [0.1, 0.15) is 56.1 Å². The Balaban J connectivity index is 1.58. The van der Waals surface area contributed by atoms with Crippen LogP contribution in [0.3, 0.4) is 0 Å². The summed E-state index contributed by atoms with van der Waals surface area (Å²) >= 11 is 0. The van der Waals surface area contributed by atoms with E-state index in [1.807, 2.05) is 10.8 Å². The monoisotopic (exact) mass is 456 g/mol. The molecule has 30 heavy (non-hydrogen) atoms. The zero-order chi connectivity index (χ0) is 21.9. The fraction of sp³-hybridized carbons (Fsp3) is 0.650. The number of Topliss-reactive ketones (excluding diaryl/α,β-unsaturated/α-hetero) is 1. The Kier molecular flexibility index (Phi) is 5.28. The van der Waals surface area contributed by atoms with Crippen molar-refractivity contribution in [1.29, 1.82) is 0 Å². The van der Waals surface area contributed by atoms with E-state index < -0.39 is 20.5 Å². The van der Waals surface area contributed by atoms with Crippen molar-refractivity contribution in [2.75, 3.05) is 14.1 Å². The number of aryl methyl sites for hydroxylation is 1. The number of nitrogens with zero attached hydrogens (tertiary/aromatic N) is 1. The Morgan fingerprint density at radius 1 is 1.13 bits per heavy atom. The second-order valence-electron chi connectivity index (χ2n) is 8.82. The van der Waals surface area contributed by atoms with E-state index in [9.17, 15) is 21.6 Å². The number of carbonyl (C=O) groups excluding carboxylic acids is 1. The van der Waals surface area contributed by atoms with Crippen molar-refractivity contribution in [2.24, 2.45) is 17.3 Å². The quantitative estimate of drug-likeness (QED) is 0.727. The topological polar surface area (TPSA) is 110 Å². The zero-order valence-electron chi connectivity index (χ0n) is 17.4. The molecular formula is C20H28N2O6S2. The molecule has 0 spiro atoms. The number of hydrogen-bond acceptors (Lipinski definition) is 6. The predicted molar refractivity (Wildman–Crippen MR) is 111 cm³/mol. The van der Waals surface area contributed by atoms with E-state index >= 15 is 0 Å². The van der Waals surface area contributed by atoms with Gasteiger partial charge in [0.25, 0.3) is 10.2 Å². The largest absolute Gasteiger partial charge is 0.399 e. The molecule has 0 radical (unpaired) electrons. The van der Waals surface area contributed by atoms with Crippen molar-refractivity contribution in [2.45, 2.75) is 51.4 Å². The van der Waals surface area contributed by atoms with Gasteiger partial charge in [0.1, 0.15) is 11.5 Å². The third-order valence-corrected chi connectivity index (χ3v) is 10.9. The SMILES string of the molecule is CNS(=O)(=O)N(C)S(=O)(=O)Oc1ccc2c(c1)CCC1C2CC[C@]2(C)C(=O)CCC12. The first kappa shape index (κ1) is 21.7. The number of benzene rings is 1. The molecule has 4 rings (SSSR count). The van der Waals surface area contributed by atoms with Gasteiger partial charge in [0.15, 0.2) is 0 Å². The number of fused-ring (bicyclic) bond motifs is 5. The molecule has 0 aromatic heterocycles. The number of hydrogen-bond donors (Lipinski definition) is 1. The molecule has 2 saturated carbocycles. The lowest BCUT2D eigenvalue weighted by Crippen LogP contribution is -2.42. The van der Waals surface area contributed by atoms with E-state index in [-0.39, 0.29) is 14.9 Å². The van der Waals surface area contributed by atoms with Gasteiger partial charge in [-0.1, -0.05) is 16.7 Å². The standard InChI is InChI=1S/C20H28N2O6S2/c1-20-11-10-16-15-7-5-14(28-30(26,27)22(3)29(24,25)21-2)12-13(15)4-6-17(16)18(20)8-9-19(20)23/h5,7,12,16-18,21H,4,6,8-11H2,1-3H3/t16?,17?,18?,20-/m0/s1. The lowest BCUT2D eigenvalue weighted by Gasteiger charge is -2.48. The first-order valence-electron chi connectivity index (χ1n) is 10.3. The van der Waals surface area contributed by atoms with E-state index in [1.54, 1.807) is 12.1 Å². The minimum Gasteiger partial charge on any atom is -0.370 e. The van der Waals surface area contributed by atoms with Crippen LogP contribution in [0.15, 0.2) is 18.2 Å². The van der Waals surface area contributed by atoms with Crippen molar-refractivity contribution >= 4 is 26.3 Å². The van der Waals surface area contributed by atoms with E-state index in [0.29, 0.717) is 30.0 Å². The minimum atomic E-state index is -4.51. The number of nitrogens with one attached hydrogen (secondary N) is 1. The van der Waals surface area contributed by atoms with Crippen molar-refractivity contribution in [3.8, 4) is 5.75 Å². The highest BCUT2D eigenvalue weighted by Gasteiger charge is 2.54. The van der Waals surface area contributed by atoms with Crippen molar-refractivity contribution in [3.05, 3.63) is 29.3 Å². The number of carbonyl (C=O) groups is 1. The number of ketones is 1. The van der Waals surface area contributed by atoms with Gasteiger partial charge in [0, 0.05) is 25.9 Å². The van der Waals surface area contributed by atoms with Crippen LogP contribution in [0.4, 0.5) is 0 Å². The molecule has 1 N–H and O–H groups in total. The van der Waals surface area contributed by atoms with Gasteiger partial charge >= 0.3 is 10.3 Å². The summed E-state index contributed by atoms with van der Waals surface area (Å²) in [5.41, 5.74) is 2.06. The van der Waals surface area contributed by atoms with Crippen LogP contribution in [0.2, 0.25) is 0 Å². The number of rotatable bonds is 5. The maximum absolute atomic E-state index is 12.5. The van der Waals surface area contributed by atoms with Gasteiger partial charge in [0.2, 0.25) is 0 Å². The summed E-state index contributed by atoms with van der Waals surface area (Å²) in [5.74, 6) is 1.78. The van der Waals surface area contributed by atoms with E-state index in [0.717, 1.165) is 51.8 Å². The van der Waals surface area contributed by atoms with E-state index in [4.69, 9.17) is 4.18 Å². The molecule has 0 saturated heterocycles. The smallest absolute Gasteiger partial charge is 0.370 e. The first-order chi connectivity index (χ1) is 14.0. The Morgan fingerprint density at radius 2 is 1.87 bits per heavy atom. The van der Waals surface area contributed by atoms with Crippen LogP contribution in [0, 0.1) is 17.3 Å². The summed E-state index contributed by atoms with van der Waals surface area (Å²) in [6.45, 7) is 2.14.